The van der Waals surface area contributed by atoms with E-state index >= 15 is 0 Å². The number of rotatable bonds is 4. The molecule has 3 nitrogen and oxygen atoms in total. The summed E-state index contributed by atoms with van der Waals surface area (Å²) in [5.74, 6) is 0.489. The van der Waals surface area contributed by atoms with Crippen molar-refractivity contribution < 1.29 is 5.11 Å². The number of benzene rings is 1. The average molecular weight is 393 g/mol. The first kappa shape index (κ1) is 19.5. The highest BCUT2D eigenvalue weighted by Crippen LogP contribution is 2.34. The first-order valence-electron chi connectivity index (χ1n) is 9.39. The number of aliphatic hydroxyl groups excluding tert-OH is 1. The predicted molar refractivity (Wildman–Crippen MR) is 110 cm³/mol. The maximum Gasteiger partial charge on any atom is 0.0726 e. The zero-order valence-electron chi connectivity index (χ0n) is 14.9. The number of nitrogens with one attached hydrogen (secondary N) is 1. The quantitative estimate of drug-likeness (QED) is 0.743. The second-order valence-electron chi connectivity index (χ2n) is 7.39. The summed E-state index contributed by atoms with van der Waals surface area (Å²) in [5.41, 5.74) is 5.98. The standard InChI is InChI=1S/C21H25ClN2O.ClH/c22-16-4-1-3-15(11-16)20-12-21(18-5-2-6-19(18)24-20)23-17-9-7-14(13-25)8-10-17;/h1,3-4,11-12,14,17,25H,2,5-10,13H2,(H,23,24);1H. The van der Waals surface area contributed by atoms with Gasteiger partial charge in [0.25, 0.3) is 0 Å². The van der Waals surface area contributed by atoms with Crippen molar-refractivity contribution in [1.29, 1.82) is 0 Å². The van der Waals surface area contributed by atoms with Gasteiger partial charge in [-0.2, -0.15) is 0 Å². The molecule has 26 heavy (non-hydrogen) atoms. The van der Waals surface area contributed by atoms with Crippen LogP contribution in [0, 0.1) is 5.92 Å². The van der Waals surface area contributed by atoms with Crippen LogP contribution in [0.2, 0.25) is 5.02 Å². The molecule has 4 rings (SSSR count). The van der Waals surface area contributed by atoms with Gasteiger partial charge < -0.3 is 10.4 Å². The SMILES string of the molecule is Cl.OCC1CCC(Nc2cc(-c3cccc(Cl)c3)nc3c2CCC3)CC1. The number of aryl methyl sites for hydroxylation is 1. The topological polar surface area (TPSA) is 45.1 Å². The summed E-state index contributed by atoms with van der Waals surface area (Å²) < 4.78 is 0. The molecule has 0 amide bonds. The van der Waals surface area contributed by atoms with Gasteiger partial charge in [0.2, 0.25) is 0 Å². The molecule has 0 aliphatic heterocycles. The number of pyridine rings is 1. The van der Waals surface area contributed by atoms with Gasteiger partial charge >= 0.3 is 0 Å². The van der Waals surface area contributed by atoms with Crippen LogP contribution in [0.15, 0.2) is 30.3 Å². The molecule has 1 aromatic carbocycles. The van der Waals surface area contributed by atoms with Crippen molar-refractivity contribution in [1.82, 2.24) is 4.98 Å². The number of hydrogen-bond donors (Lipinski definition) is 2. The molecule has 2 aliphatic carbocycles. The summed E-state index contributed by atoms with van der Waals surface area (Å²) in [7, 11) is 0. The van der Waals surface area contributed by atoms with Gasteiger partial charge in [-0.15, -0.1) is 12.4 Å². The van der Waals surface area contributed by atoms with Crippen LogP contribution >= 0.6 is 24.0 Å². The van der Waals surface area contributed by atoms with Gasteiger partial charge in [0.15, 0.2) is 0 Å². The van der Waals surface area contributed by atoms with Crippen molar-refractivity contribution in [2.24, 2.45) is 5.92 Å². The van der Waals surface area contributed by atoms with Gasteiger partial charge in [0.1, 0.15) is 0 Å². The molecule has 0 saturated heterocycles. The summed E-state index contributed by atoms with van der Waals surface area (Å²) in [6.07, 6.45) is 7.87. The van der Waals surface area contributed by atoms with Crippen LogP contribution in [0.3, 0.4) is 0 Å². The smallest absolute Gasteiger partial charge is 0.0726 e. The second-order valence-corrected chi connectivity index (χ2v) is 7.83. The van der Waals surface area contributed by atoms with E-state index in [2.05, 4.69) is 17.4 Å². The van der Waals surface area contributed by atoms with Gasteiger partial charge in [0, 0.05) is 34.6 Å². The van der Waals surface area contributed by atoms with Crippen LogP contribution in [0.25, 0.3) is 11.3 Å². The number of nitrogens with zero attached hydrogens (tertiary/aromatic N) is 1. The molecule has 140 valence electrons. The Hall–Kier alpha value is -1.29. The third-order valence-corrected chi connectivity index (χ3v) is 5.87. The highest BCUT2D eigenvalue weighted by Gasteiger charge is 2.24. The molecule has 1 heterocycles. The van der Waals surface area contributed by atoms with E-state index in [0.717, 1.165) is 54.8 Å². The third-order valence-electron chi connectivity index (χ3n) is 5.64. The Morgan fingerprint density at radius 1 is 1.12 bits per heavy atom. The molecule has 2 aliphatic rings. The predicted octanol–water partition coefficient (Wildman–Crippen LogP) is 5.28. The van der Waals surface area contributed by atoms with Crippen molar-refractivity contribution in [2.45, 2.75) is 51.0 Å². The minimum Gasteiger partial charge on any atom is -0.396 e. The molecular formula is C21H26Cl2N2O. The minimum absolute atomic E-state index is 0. The van der Waals surface area contributed by atoms with Crippen molar-refractivity contribution in [3.63, 3.8) is 0 Å². The summed E-state index contributed by atoms with van der Waals surface area (Å²) in [6, 6.07) is 10.6. The molecule has 0 bridgehead atoms. The maximum absolute atomic E-state index is 9.34. The van der Waals surface area contributed by atoms with E-state index in [1.165, 1.54) is 23.4 Å². The Morgan fingerprint density at radius 3 is 2.65 bits per heavy atom. The van der Waals surface area contributed by atoms with Crippen molar-refractivity contribution in [3.05, 3.63) is 46.6 Å². The molecule has 0 unspecified atom stereocenters. The lowest BCUT2D eigenvalue weighted by Gasteiger charge is -2.29. The molecule has 0 radical (unpaired) electrons. The fourth-order valence-corrected chi connectivity index (χ4v) is 4.37. The lowest BCUT2D eigenvalue weighted by molar-refractivity contribution is 0.186. The Balaban J connectivity index is 0.00000196. The van der Waals surface area contributed by atoms with E-state index in [0.29, 0.717) is 18.6 Å². The van der Waals surface area contributed by atoms with E-state index in [-0.39, 0.29) is 12.4 Å². The highest BCUT2D eigenvalue weighted by atomic mass is 35.5. The lowest BCUT2D eigenvalue weighted by Crippen LogP contribution is -2.27. The van der Waals surface area contributed by atoms with Crippen LogP contribution in [-0.4, -0.2) is 22.7 Å². The van der Waals surface area contributed by atoms with Crippen LogP contribution in [0.5, 0.6) is 0 Å². The van der Waals surface area contributed by atoms with E-state index in [1.54, 1.807) is 0 Å². The van der Waals surface area contributed by atoms with Crippen molar-refractivity contribution in [2.75, 3.05) is 11.9 Å². The van der Waals surface area contributed by atoms with Gasteiger partial charge in [-0.05, 0) is 74.6 Å². The lowest BCUT2D eigenvalue weighted by atomic mass is 9.86. The number of hydrogen-bond acceptors (Lipinski definition) is 3. The largest absolute Gasteiger partial charge is 0.396 e. The minimum atomic E-state index is 0. The normalized spacial score (nSPS) is 21.8. The molecule has 5 heteroatoms. The summed E-state index contributed by atoms with van der Waals surface area (Å²) >= 11 is 6.17. The number of aliphatic hydroxyl groups is 1. The molecule has 0 spiro atoms. The van der Waals surface area contributed by atoms with E-state index < -0.39 is 0 Å². The summed E-state index contributed by atoms with van der Waals surface area (Å²) in [6.45, 7) is 0.330. The Bertz CT molecular complexity index is 758. The van der Waals surface area contributed by atoms with E-state index in [4.69, 9.17) is 16.6 Å². The number of anilines is 1. The van der Waals surface area contributed by atoms with Crippen LogP contribution in [0.1, 0.15) is 43.4 Å². The molecule has 1 aromatic heterocycles. The Morgan fingerprint density at radius 2 is 1.92 bits per heavy atom. The van der Waals surface area contributed by atoms with Gasteiger partial charge in [0.05, 0.1) is 5.69 Å². The molecule has 0 atom stereocenters. The van der Waals surface area contributed by atoms with Gasteiger partial charge in [-0.3, -0.25) is 4.98 Å². The number of aromatic nitrogens is 1. The fraction of sp³-hybridized carbons (Fsp3) is 0.476. The maximum atomic E-state index is 9.34. The zero-order valence-corrected chi connectivity index (χ0v) is 16.5. The molecule has 2 aromatic rings. The highest BCUT2D eigenvalue weighted by molar-refractivity contribution is 6.30. The number of fused-ring (bicyclic) bond motifs is 1. The van der Waals surface area contributed by atoms with Gasteiger partial charge in [-0.25, -0.2) is 0 Å². The molecule has 1 saturated carbocycles. The monoisotopic (exact) mass is 392 g/mol. The zero-order chi connectivity index (χ0) is 17.2. The van der Waals surface area contributed by atoms with E-state index in [1.807, 2.05) is 18.2 Å². The molecular weight excluding hydrogens is 367 g/mol. The summed E-state index contributed by atoms with van der Waals surface area (Å²) in [4.78, 5) is 4.91. The average Bonchev–Trinajstić information content (AvgIpc) is 3.11. The number of halogens is 2. The van der Waals surface area contributed by atoms with Gasteiger partial charge in [-0.1, -0.05) is 23.7 Å². The molecule has 2 N–H and O–H groups in total. The van der Waals surface area contributed by atoms with Crippen molar-refractivity contribution in [3.8, 4) is 11.3 Å². The first-order chi connectivity index (χ1) is 12.2. The first-order valence-corrected chi connectivity index (χ1v) is 9.77. The van der Waals surface area contributed by atoms with Crippen LogP contribution in [-0.2, 0) is 12.8 Å². The third kappa shape index (κ3) is 4.16. The molecule has 1 fully saturated rings. The Labute approximate surface area is 166 Å². The van der Waals surface area contributed by atoms with Crippen LogP contribution in [0.4, 0.5) is 5.69 Å². The second kappa shape index (κ2) is 8.60. The fourth-order valence-electron chi connectivity index (χ4n) is 4.18. The van der Waals surface area contributed by atoms with Crippen LogP contribution < -0.4 is 5.32 Å². The van der Waals surface area contributed by atoms with Crippen molar-refractivity contribution >= 4 is 29.7 Å². The Kier molecular flexibility index (Phi) is 6.44. The van der Waals surface area contributed by atoms with E-state index in [9.17, 15) is 5.11 Å². The summed E-state index contributed by atoms with van der Waals surface area (Å²) in [5, 5.41) is 13.9.